The zero-order chi connectivity index (χ0) is 14.8. The molecule has 1 fully saturated rings. The fraction of sp³-hybridized carbons (Fsp3) is 0.462. The molecule has 1 aromatic rings. The lowest BCUT2D eigenvalue weighted by Crippen LogP contribution is -2.47. The minimum Gasteiger partial charge on any atom is -0.366 e. The number of nitrogens with zero attached hydrogens (tertiary/aromatic N) is 2. The number of sulfonamides is 1. The van der Waals surface area contributed by atoms with Gasteiger partial charge in [-0.25, -0.2) is 8.42 Å². The second-order valence-corrected chi connectivity index (χ2v) is 6.98. The van der Waals surface area contributed by atoms with Gasteiger partial charge in [0.25, 0.3) is 0 Å². The second kappa shape index (κ2) is 5.90. The summed E-state index contributed by atoms with van der Waals surface area (Å²) in [6.07, 6.45) is 1.24. The van der Waals surface area contributed by atoms with Gasteiger partial charge in [-0.2, -0.15) is 4.31 Å². The van der Waals surface area contributed by atoms with Gasteiger partial charge in [0.2, 0.25) is 15.9 Å². The van der Waals surface area contributed by atoms with Crippen molar-refractivity contribution in [2.75, 3.05) is 32.4 Å². The minimum absolute atomic E-state index is 0.432. The fourth-order valence-electron chi connectivity index (χ4n) is 2.25. The van der Waals surface area contributed by atoms with Crippen LogP contribution in [0, 0.1) is 0 Å². The van der Waals surface area contributed by atoms with E-state index >= 15 is 0 Å². The molecular weight excluding hydrogens is 278 g/mol. The molecule has 110 valence electrons. The lowest BCUT2D eigenvalue weighted by atomic mass is 10.1. The summed E-state index contributed by atoms with van der Waals surface area (Å²) in [5, 5.41) is 0. The van der Waals surface area contributed by atoms with Crippen LogP contribution in [0.4, 0.5) is 0 Å². The van der Waals surface area contributed by atoms with Crippen LogP contribution >= 0.6 is 0 Å². The maximum atomic E-state index is 11.4. The quantitative estimate of drug-likeness (QED) is 0.838. The van der Waals surface area contributed by atoms with E-state index in [-0.39, 0.29) is 0 Å². The van der Waals surface area contributed by atoms with Gasteiger partial charge in [0.05, 0.1) is 6.26 Å². The number of hydrogen-bond acceptors (Lipinski definition) is 4. The Hall–Kier alpha value is -1.44. The molecule has 0 radical (unpaired) electrons. The summed E-state index contributed by atoms with van der Waals surface area (Å²) in [4.78, 5) is 13.2. The van der Waals surface area contributed by atoms with Crippen LogP contribution in [0.15, 0.2) is 24.3 Å². The summed E-state index contributed by atoms with van der Waals surface area (Å²) in [5.74, 6) is -0.432. The Kier molecular flexibility index (Phi) is 4.42. The molecule has 1 aromatic carbocycles. The van der Waals surface area contributed by atoms with Gasteiger partial charge >= 0.3 is 0 Å². The van der Waals surface area contributed by atoms with Crippen LogP contribution in [0.3, 0.4) is 0 Å². The molecule has 1 aliphatic rings. The Balaban J connectivity index is 1.91. The summed E-state index contributed by atoms with van der Waals surface area (Å²) in [6, 6.07) is 7.18. The molecule has 1 heterocycles. The summed E-state index contributed by atoms with van der Waals surface area (Å²) >= 11 is 0. The van der Waals surface area contributed by atoms with Gasteiger partial charge in [0.15, 0.2) is 0 Å². The molecule has 0 aromatic heterocycles. The number of nitrogens with two attached hydrogens (primary N) is 1. The van der Waals surface area contributed by atoms with Gasteiger partial charge < -0.3 is 5.73 Å². The maximum absolute atomic E-state index is 11.4. The first kappa shape index (κ1) is 15.0. The van der Waals surface area contributed by atoms with Gasteiger partial charge in [-0.05, 0) is 17.7 Å². The number of piperazine rings is 1. The van der Waals surface area contributed by atoms with Crippen molar-refractivity contribution in [1.82, 2.24) is 9.21 Å². The third kappa shape index (κ3) is 3.78. The van der Waals surface area contributed by atoms with Crippen LogP contribution in [0.25, 0.3) is 0 Å². The molecule has 2 rings (SSSR count). The second-order valence-electron chi connectivity index (χ2n) is 5.00. The van der Waals surface area contributed by atoms with Gasteiger partial charge in [-0.15, -0.1) is 0 Å². The molecule has 0 spiro atoms. The number of benzene rings is 1. The van der Waals surface area contributed by atoms with Crippen molar-refractivity contribution in [3.05, 3.63) is 35.4 Å². The molecule has 6 nitrogen and oxygen atoms in total. The third-order valence-corrected chi connectivity index (χ3v) is 4.75. The van der Waals surface area contributed by atoms with E-state index in [9.17, 15) is 13.2 Å². The van der Waals surface area contributed by atoms with E-state index in [1.165, 1.54) is 10.6 Å². The topological polar surface area (TPSA) is 83.7 Å². The largest absolute Gasteiger partial charge is 0.366 e. The molecule has 7 heteroatoms. The maximum Gasteiger partial charge on any atom is 0.248 e. The summed E-state index contributed by atoms with van der Waals surface area (Å²) < 4.78 is 24.3. The predicted octanol–water partition coefficient (Wildman–Crippen LogP) is -0.137. The van der Waals surface area contributed by atoms with E-state index in [2.05, 4.69) is 4.90 Å². The minimum atomic E-state index is -3.08. The van der Waals surface area contributed by atoms with Gasteiger partial charge in [-0.3, -0.25) is 9.69 Å². The normalized spacial score (nSPS) is 18.1. The van der Waals surface area contributed by atoms with E-state index in [4.69, 9.17) is 5.73 Å². The number of carbonyl (C=O) groups is 1. The molecule has 0 unspecified atom stereocenters. The Morgan fingerprint density at radius 3 is 2.15 bits per heavy atom. The SMILES string of the molecule is CS(=O)(=O)N1CCN(Cc2ccc(C(N)=O)cc2)CC1. The Morgan fingerprint density at radius 1 is 1.15 bits per heavy atom. The first-order valence-electron chi connectivity index (χ1n) is 6.42. The Labute approximate surface area is 119 Å². The molecule has 0 saturated carbocycles. The van der Waals surface area contributed by atoms with E-state index in [0.29, 0.717) is 31.7 Å². The molecule has 0 atom stereocenters. The number of hydrogen-bond donors (Lipinski definition) is 1. The Morgan fingerprint density at radius 2 is 1.70 bits per heavy atom. The van der Waals surface area contributed by atoms with Crippen molar-refractivity contribution in [3.63, 3.8) is 0 Å². The number of amides is 1. The van der Waals surface area contributed by atoms with E-state index in [1.807, 2.05) is 12.1 Å². The van der Waals surface area contributed by atoms with Crippen LogP contribution in [-0.2, 0) is 16.6 Å². The third-order valence-electron chi connectivity index (χ3n) is 3.44. The molecule has 2 N–H and O–H groups in total. The Bertz CT molecular complexity index is 575. The lowest BCUT2D eigenvalue weighted by molar-refractivity contribution is 0.100. The fourth-order valence-corrected chi connectivity index (χ4v) is 3.08. The zero-order valence-corrected chi connectivity index (χ0v) is 12.3. The van der Waals surface area contributed by atoms with Crippen molar-refractivity contribution in [1.29, 1.82) is 0 Å². The average Bonchev–Trinajstić information content (AvgIpc) is 2.39. The smallest absolute Gasteiger partial charge is 0.248 e. The highest BCUT2D eigenvalue weighted by Gasteiger charge is 2.23. The van der Waals surface area contributed by atoms with Crippen molar-refractivity contribution >= 4 is 15.9 Å². The molecule has 20 heavy (non-hydrogen) atoms. The van der Waals surface area contributed by atoms with Crippen LogP contribution in [0.5, 0.6) is 0 Å². The van der Waals surface area contributed by atoms with E-state index < -0.39 is 15.9 Å². The van der Waals surface area contributed by atoms with Gasteiger partial charge in [0, 0.05) is 38.3 Å². The van der Waals surface area contributed by atoms with Gasteiger partial charge in [-0.1, -0.05) is 12.1 Å². The number of primary amides is 1. The summed E-state index contributed by atoms with van der Waals surface area (Å²) in [7, 11) is -3.08. The van der Waals surface area contributed by atoms with Gasteiger partial charge in [0.1, 0.15) is 0 Å². The van der Waals surface area contributed by atoms with Crippen molar-refractivity contribution in [2.24, 2.45) is 5.73 Å². The van der Waals surface area contributed by atoms with Crippen LogP contribution < -0.4 is 5.73 Å². The molecule has 1 aliphatic heterocycles. The zero-order valence-electron chi connectivity index (χ0n) is 11.4. The van der Waals surface area contributed by atoms with E-state index in [0.717, 1.165) is 12.1 Å². The van der Waals surface area contributed by atoms with Crippen LogP contribution in [-0.4, -0.2) is 56.0 Å². The predicted molar refractivity (Wildman–Crippen MR) is 76.7 cm³/mol. The summed E-state index contributed by atoms with van der Waals surface area (Å²) in [6.45, 7) is 3.22. The standard InChI is InChI=1S/C13H19N3O3S/c1-20(18,19)16-8-6-15(7-9-16)10-11-2-4-12(5-3-11)13(14)17/h2-5H,6-10H2,1H3,(H2,14,17). The highest BCUT2D eigenvalue weighted by Crippen LogP contribution is 2.11. The van der Waals surface area contributed by atoms with E-state index in [1.54, 1.807) is 12.1 Å². The van der Waals surface area contributed by atoms with Crippen molar-refractivity contribution < 1.29 is 13.2 Å². The van der Waals surface area contributed by atoms with Crippen LogP contribution in [0.1, 0.15) is 15.9 Å². The molecule has 1 amide bonds. The average molecular weight is 297 g/mol. The molecular formula is C13H19N3O3S. The monoisotopic (exact) mass is 297 g/mol. The molecule has 0 bridgehead atoms. The number of rotatable bonds is 4. The highest BCUT2D eigenvalue weighted by atomic mass is 32.2. The number of carbonyl (C=O) groups excluding carboxylic acids is 1. The van der Waals surface area contributed by atoms with Crippen molar-refractivity contribution in [2.45, 2.75) is 6.54 Å². The first-order chi connectivity index (χ1) is 9.36. The highest BCUT2D eigenvalue weighted by molar-refractivity contribution is 7.88. The lowest BCUT2D eigenvalue weighted by Gasteiger charge is -2.33. The first-order valence-corrected chi connectivity index (χ1v) is 8.27. The van der Waals surface area contributed by atoms with Crippen LogP contribution in [0.2, 0.25) is 0 Å². The molecule has 1 saturated heterocycles. The summed E-state index contributed by atoms with van der Waals surface area (Å²) in [5.41, 5.74) is 6.77. The van der Waals surface area contributed by atoms with Crippen molar-refractivity contribution in [3.8, 4) is 0 Å². The molecule has 0 aliphatic carbocycles.